The molecule has 100 valence electrons. The molecule has 0 bridgehead atoms. The number of nitrogens with two attached hydrogens (primary N) is 1. The summed E-state index contributed by atoms with van der Waals surface area (Å²) in [6.45, 7) is 1.80. The molecule has 3 N–H and O–H groups in total. The summed E-state index contributed by atoms with van der Waals surface area (Å²) in [6, 6.07) is 1.74. The molecule has 7 heteroatoms. The molecular formula is C12H11F2N3O2. The third-order valence-corrected chi connectivity index (χ3v) is 2.53. The van der Waals surface area contributed by atoms with Crippen LogP contribution in [0.5, 0.6) is 0 Å². The molecule has 0 unspecified atom stereocenters. The molecule has 0 spiro atoms. The summed E-state index contributed by atoms with van der Waals surface area (Å²) in [5.41, 5.74) is 2.29. The summed E-state index contributed by atoms with van der Waals surface area (Å²) in [4.78, 5) is 15.5. The Morgan fingerprint density at radius 3 is 2.84 bits per heavy atom. The smallest absolute Gasteiger partial charge is 0.341 e. The van der Waals surface area contributed by atoms with Crippen LogP contribution < -0.4 is 11.3 Å². The molecule has 0 aliphatic heterocycles. The van der Waals surface area contributed by atoms with E-state index in [1.165, 1.54) is 0 Å². The van der Waals surface area contributed by atoms with Gasteiger partial charge in [0.15, 0.2) is 0 Å². The van der Waals surface area contributed by atoms with Gasteiger partial charge >= 0.3 is 5.97 Å². The fourth-order valence-electron chi connectivity index (χ4n) is 1.76. The Morgan fingerprint density at radius 1 is 1.47 bits per heavy atom. The van der Waals surface area contributed by atoms with Crippen LogP contribution in [0, 0.1) is 11.6 Å². The van der Waals surface area contributed by atoms with E-state index in [0.29, 0.717) is 6.07 Å². The molecule has 0 atom stereocenters. The van der Waals surface area contributed by atoms with Crippen molar-refractivity contribution in [2.24, 2.45) is 5.84 Å². The zero-order chi connectivity index (χ0) is 14.0. The van der Waals surface area contributed by atoms with Gasteiger partial charge in [-0.3, -0.25) is 10.8 Å². The summed E-state index contributed by atoms with van der Waals surface area (Å²) in [5, 5.41) is -0.0607. The minimum Gasteiger partial charge on any atom is -0.462 e. The maximum atomic E-state index is 13.8. The largest absolute Gasteiger partial charge is 0.462 e. The normalized spacial score (nSPS) is 10.5. The number of carbonyl (C=O) groups excluding carboxylic acids is 1. The second-order valence-electron chi connectivity index (χ2n) is 3.69. The number of nitrogens with one attached hydrogen (secondary N) is 1. The summed E-state index contributed by atoms with van der Waals surface area (Å²) >= 11 is 0. The van der Waals surface area contributed by atoms with Crippen molar-refractivity contribution in [2.75, 3.05) is 12.0 Å². The fraction of sp³-hybridized carbons (Fsp3) is 0.167. The average molecular weight is 267 g/mol. The van der Waals surface area contributed by atoms with E-state index in [2.05, 4.69) is 10.4 Å². The van der Waals surface area contributed by atoms with E-state index in [1.807, 2.05) is 0 Å². The van der Waals surface area contributed by atoms with Gasteiger partial charge in [-0.25, -0.2) is 13.6 Å². The lowest BCUT2D eigenvalue weighted by atomic mass is 10.1. The number of halogens is 2. The minimum atomic E-state index is -0.860. The molecule has 19 heavy (non-hydrogen) atoms. The first-order valence-electron chi connectivity index (χ1n) is 5.50. The van der Waals surface area contributed by atoms with Crippen molar-refractivity contribution in [1.29, 1.82) is 0 Å². The van der Waals surface area contributed by atoms with Crippen molar-refractivity contribution in [3.63, 3.8) is 0 Å². The minimum absolute atomic E-state index is 0.0117. The molecule has 0 aliphatic carbocycles. The Hall–Kier alpha value is -2.28. The van der Waals surface area contributed by atoms with Gasteiger partial charge in [0.2, 0.25) is 0 Å². The molecule has 1 aromatic heterocycles. The van der Waals surface area contributed by atoms with Crippen molar-refractivity contribution < 1.29 is 18.3 Å². The third-order valence-electron chi connectivity index (χ3n) is 2.53. The number of hydrogen-bond donors (Lipinski definition) is 2. The van der Waals surface area contributed by atoms with Gasteiger partial charge in [-0.2, -0.15) is 0 Å². The van der Waals surface area contributed by atoms with Crippen molar-refractivity contribution in [3.8, 4) is 0 Å². The number of benzene rings is 1. The van der Waals surface area contributed by atoms with Crippen LogP contribution in [-0.2, 0) is 4.74 Å². The first-order valence-corrected chi connectivity index (χ1v) is 5.50. The molecule has 0 saturated heterocycles. The first kappa shape index (κ1) is 13.2. The summed E-state index contributed by atoms with van der Waals surface area (Å²) in [6.07, 6.45) is 1.16. The van der Waals surface area contributed by atoms with E-state index < -0.39 is 17.6 Å². The number of aromatic nitrogens is 1. The Morgan fingerprint density at radius 2 is 2.21 bits per heavy atom. The van der Waals surface area contributed by atoms with E-state index in [4.69, 9.17) is 10.6 Å². The standard InChI is InChI=1S/C12H11F2N3O2/c1-2-19-12(18)7-5-16-9-4-6(13)3-8(14)10(9)11(7)17-15/h3-5H,2,15H2,1H3,(H,16,17). The van der Waals surface area contributed by atoms with Crippen LogP contribution in [0.3, 0.4) is 0 Å². The van der Waals surface area contributed by atoms with E-state index in [0.717, 1.165) is 12.3 Å². The van der Waals surface area contributed by atoms with Gasteiger partial charge < -0.3 is 10.2 Å². The monoisotopic (exact) mass is 267 g/mol. The van der Waals surface area contributed by atoms with Crippen molar-refractivity contribution in [1.82, 2.24) is 4.98 Å². The van der Waals surface area contributed by atoms with Gasteiger partial charge in [-0.05, 0) is 6.92 Å². The van der Waals surface area contributed by atoms with Crippen LogP contribution in [-0.4, -0.2) is 17.6 Å². The maximum absolute atomic E-state index is 13.8. The first-order chi connectivity index (χ1) is 9.08. The summed E-state index contributed by atoms with van der Waals surface area (Å²) in [7, 11) is 0. The van der Waals surface area contributed by atoms with Crippen LogP contribution in [0.1, 0.15) is 17.3 Å². The van der Waals surface area contributed by atoms with Crippen LogP contribution in [0.15, 0.2) is 18.3 Å². The Labute approximate surface area is 107 Å². The van der Waals surface area contributed by atoms with E-state index in [-0.39, 0.29) is 28.8 Å². The van der Waals surface area contributed by atoms with Gasteiger partial charge in [0.25, 0.3) is 0 Å². The van der Waals surface area contributed by atoms with Crippen molar-refractivity contribution in [2.45, 2.75) is 6.92 Å². The number of carbonyl (C=O) groups is 1. The van der Waals surface area contributed by atoms with E-state index in [9.17, 15) is 13.6 Å². The highest BCUT2D eigenvalue weighted by Crippen LogP contribution is 2.28. The van der Waals surface area contributed by atoms with Gasteiger partial charge in [0.05, 0.1) is 23.2 Å². The molecule has 1 heterocycles. The molecule has 0 saturated carbocycles. The number of anilines is 1. The number of rotatable bonds is 3. The molecular weight excluding hydrogens is 256 g/mol. The Kier molecular flexibility index (Phi) is 3.57. The summed E-state index contributed by atoms with van der Waals surface area (Å²) < 4.78 is 31.7. The predicted molar refractivity (Wildman–Crippen MR) is 65.4 cm³/mol. The second-order valence-corrected chi connectivity index (χ2v) is 3.69. The lowest BCUT2D eigenvalue weighted by molar-refractivity contribution is 0.0527. The molecule has 0 fully saturated rings. The zero-order valence-corrected chi connectivity index (χ0v) is 10.0. The van der Waals surface area contributed by atoms with Crippen LogP contribution >= 0.6 is 0 Å². The van der Waals surface area contributed by atoms with Gasteiger partial charge in [-0.1, -0.05) is 0 Å². The number of nitrogen functional groups attached to an aromatic ring is 1. The van der Waals surface area contributed by atoms with E-state index >= 15 is 0 Å². The number of nitrogens with zero attached hydrogens (tertiary/aromatic N) is 1. The number of ether oxygens (including phenoxy) is 1. The molecule has 0 radical (unpaired) electrons. The quantitative estimate of drug-likeness (QED) is 0.505. The van der Waals surface area contributed by atoms with Gasteiger partial charge in [-0.15, -0.1) is 0 Å². The SMILES string of the molecule is CCOC(=O)c1cnc2cc(F)cc(F)c2c1NN. The highest BCUT2D eigenvalue weighted by molar-refractivity contribution is 6.04. The molecule has 2 aromatic rings. The van der Waals surface area contributed by atoms with E-state index in [1.54, 1.807) is 6.92 Å². The number of esters is 1. The zero-order valence-electron chi connectivity index (χ0n) is 10.0. The maximum Gasteiger partial charge on any atom is 0.341 e. The highest BCUT2D eigenvalue weighted by atomic mass is 19.1. The molecule has 0 aliphatic rings. The molecule has 5 nitrogen and oxygen atoms in total. The number of hydrogen-bond acceptors (Lipinski definition) is 5. The van der Waals surface area contributed by atoms with Gasteiger partial charge in [0, 0.05) is 18.3 Å². The topological polar surface area (TPSA) is 77.2 Å². The number of hydrazine groups is 1. The molecule has 1 aromatic carbocycles. The Balaban J connectivity index is 2.72. The van der Waals surface area contributed by atoms with Crippen molar-refractivity contribution in [3.05, 3.63) is 35.5 Å². The van der Waals surface area contributed by atoms with Crippen molar-refractivity contribution >= 4 is 22.6 Å². The van der Waals surface area contributed by atoms with Crippen LogP contribution in [0.25, 0.3) is 10.9 Å². The highest BCUT2D eigenvalue weighted by Gasteiger charge is 2.19. The van der Waals surface area contributed by atoms with Crippen LogP contribution in [0.4, 0.5) is 14.5 Å². The lowest BCUT2D eigenvalue weighted by Gasteiger charge is -2.11. The predicted octanol–water partition coefficient (Wildman–Crippen LogP) is 1.98. The number of pyridine rings is 1. The fourth-order valence-corrected chi connectivity index (χ4v) is 1.76. The van der Waals surface area contributed by atoms with Gasteiger partial charge in [0.1, 0.15) is 17.2 Å². The van der Waals surface area contributed by atoms with Crippen LogP contribution in [0.2, 0.25) is 0 Å². The number of fused-ring (bicyclic) bond motifs is 1. The molecule has 2 rings (SSSR count). The lowest BCUT2D eigenvalue weighted by Crippen LogP contribution is -2.15. The summed E-state index contributed by atoms with van der Waals surface area (Å²) in [5.74, 6) is 3.01. The second kappa shape index (κ2) is 5.15. The third kappa shape index (κ3) is 2.32. The Bertz CT molecular complexity index is 646. The average Bonchev–Trinajstić information content (AvgIpc) is 2.37. The molecule has 0 amide bonds.